The van der Waals surface area contributed by atoms with Crippen molar-refractivity contribution in [2.45, 2.75) is 51.9 Å². The second-order valence-corrected chi connectivity index (χ2v) is 9.04. The van der Waals surface area contributed by atoms with E-state index in [2.05, 4.69) is 50.1 Å². The number of carbonyl (C=O) groups is 1. The van der Waals surface area contributed by atoms with Crippen LogP contribution in [-0.2, 0) is 6.42 Å². The predicted octanol–water partition coefficient (Wildman–Crippen LogP) is 5.44. The summed E-state index contributed by atoms with van der Waals surface area (Å²) in [7, 11) is 2.07. The first-order valence-corrected chi connectivity index (χ1v) is 12.2. The Balaban J connectivity index is 1.37. The van der Waals surface area contributed by atoms with Gasteiger partial charge in [0.1, 0.15) is 5.75 Å². The van der Waals surface area contributed by atoms with E-state index in [1.165, 1.54) is 5.39 Å². The van der Waals surface area contributed by atoms with Gasteiger partial charge in [-0.25, -0.2) is 0 Å². The van der Waals surface area contributed by atoms with Crippen molar-refractivity contribution in [1.82, 2.24) is 9.80 Å². The van der Waals surface area contributed by atoms with Crippen LogP contribution in [-0.4, -0.2) is 48.5 Å². The van der Waals surface area contributed by atoms with Crippen LogP contribution in [0.25, 0.3) is 10.8 Å². The lowest BCUT2D eigenvalue weighted by Gasteiger charge is -2.42. The molecular weight excluding hydrogens is 428 g/mol. The number of benzene rings is 3. The van der Waals surface area contributed by atoms with Gasteiger partial charge in [0.25, 0.3) is 5.91 Å². The van der Waals surface area contributed by atoms with E-state index in [0.29, 0.717) is 17.9 Å². The van der Waals surface area contributed by atoms with Crippen LogP contribution in [0.2, 0.25) is 0 Å². The zero-order valence-corrected chi connectivity index (χ0v) is 20.1. The molecule has 3 aromatic rings. The summed E-state index contributed by atoms with van der Waals surface area (Å²) in [4.78, 5) is 17.8. The van der Waals surface area contributed by atoms with E-state index in [9.17, 15) is 4.79 Å². The molecular formula is C28H32N2O4. The molecule has 2 aliphatic rings. The van der Waals surface area contributed by atoms with Crippen LogP contribution in [0.15, 0.2) is 54.6 Å². The summed E-state index contributed by atoms with van der Waals surface area (Å²) < 4.78 is 17.5. The average Bonchev–Trinajstić information content (AvgIpc) is 3.32. The van der Waals surface area contributed by atoms with Crippen molar-refractivity contribution < 1.29 is 19.0 Å². The minimum Gasteiger partial charge on any atom is -0.475 e. The average molecular weight is 461 g/mol. The molecule has 0 saturated carbocycles. The van der Waals surface area contributed by atoms with E-state index in [1.54, 1.807) is 0 Å². The monoisotopic (exact) mass is 460 g/mol. The molecule has 0 spiro atoms. The van der Waals surface area contributed by atoms with Crippen molar-refractivity contribution in [2.75, 3.05) is 20.4 Å². The van der Waals surface area contributed by atoms with Gasteiger partial charge >= 0.3 is 0 Å². The Morgan fingerprint density at radius 2 is 1.79 bits per heavy atom. The maximum atomic E-state index is 13.6. The standard InChI is InChI=1S/C28H32N2O4/c1-4-8-27(34-22-12-11-19-9-6-7-10-20(19)15-22)29(3)26(5-2)30-14-13-21-16-24-25(33-18-32-24)17-23(21)28(30)31/h6-7,9-12,15-17,26-27H,4-5,8,13-14,18H2,1-3H3. The molecule has 0 N–H and O–H groups in total. The maximum absolute atomic E-state index is 13.6. The number of hydrogen-bond donors (Lipinski definition) is 0. The summed E-state index contributed by atoms with van der Waals surface area (Å²) in [6.45, 7) is 5.17. The van der Waals surface area contributed by atoms with E-state index in [1.807, 2.05) is 35.2 Å². The number of hydrogen-bond acceptors (Lipinski definition) is 5. The number of fused-ring (bicyclic) bond motifs is 3. The topological polar surface area (TPSA) is 51.2 Å². The minimum atomic E-state index is -0.137. The third kappa shape index (κ3) is 4.18. The first kappa shape index (κ1) is 22.5. The van der Waals surface area contributed by atoms with Crippen molar-refractivity contribution in [3.63, 3.8) is 0 Å². The molecule has 0 fully saturated rings. The molecule has 1 amide bonds. The number of carbonyl (C=O) groups excluding carboxylic acids is 1. The molecule has 2 aliphatic heterocycles. The molecule has 2 heterocycles. The highest BCUT2D eigenvalue weighted by atomic mass is 16.7. The zero-order chi connectivity index (χ0) is 23.7. The molecule has 0 bridgehead atoms. The predicted molar refractivity (Wildman–Crippen MR) is 132 cm³/mol. The third-order valence-electron chi connectivity index (χ3n) is 6.89. The molecule has 0 saturated heterocycles. The van der Waals surface area contributed by atoms with E-state index in [-0.39, 0.29) is 25.1 Å². The Kier molecular flexibility index (Phi) is 6.33. The number of nitrogens with zero attached hydrogens (tertiary/aromatic N) is 2. The first-order valence-electron chi connectivity index (χ1n) is 12.2. The van der Waals surface area contributed by atoms with Gasteiger partial charge < -0.3 is 19.1 Å². The van der Waals surface area contributed by atoms with Gasteiger partial charge in [-0.05, 0) is 66.9 Å². The van der Waals surface area contributed by atoms with Gasteiger partial charge in [0, 0.05) is 12.1 Å². The molecule has 0 radical (unpaired) electrons. The quantitative estimate of drug-likeness (QED) is 0.419. The third-order valence-corrected chi connectivity index (χ3v) is 6.89. The summed E-state index contributed by atoms with van der Waals surface area (Å²) in [6.07, 6.45) is 3.26. The smallest absolute Gasteiger partial charge is 0.255 e. The summed E-state index contributed by atoms with van der Waals surface area (Å²) in [5.74, 6) is 2.27. The van der Waals surface area contributed by atoms with Crippen molar-refractivity contribution in [2.24, 2.45) is 0 Å². The number of amides is 1. The molecule has 6 nitrogen and oxygen atoms in total. The van der Waals surface area contributed by atoms with Crippen LogP contribution in [0.3, 0.4) is 0 Å². The first-order chi connectivity index (χ1) is 16.6. The number of ether oxygens (including phenoxy) is 3. The maximum Gasteiger partial charge on any atom is 0.255 e. The Morgan fingerprint density at radius 1 is 1.03 bits per heavy atom. The van der Waals surface area contributed by atoms with Gasteiger partial charge in [-0.2, -0.15) is 0 Å². The lowest BCUT2D eigenvalue weighted by Crippen LogP contribution is -2.55. The van der Waals surface area contributed by atoms with Crippen molar-refractivity contribution in [3.8, 4) is 17.2 Å². The van der Waals surface area contributed by atoms with E-state index in [4.69, 9.17) is 14.2 Å². The number of rotatable bonds is 8. The van der Waals surface area contributed by atoms with Crippen molar-refractivity contribution in [1.29, 1.82) is 0 Å². The van der Waals surface area contributed by atoms with Gasteiger partial charge in [-0.3, -0.25) is 9.69 Å². The van der Waals surface area contributed by atoms with E-state index < -0.39 is 0 Å². The highest BCUT2D eigenvalue weighted by Crippen LogP contribution is 2.37. The Bertz CT molecular complexity index is 1190. The summed E-state index contributed by atoms with van der Waals surface area (Å²) in [5.41, 5.74) is 1.74. The van der Waals surface area contributed by atoms with Crippen LogP contribution in [0.5, 0.6) is 17.2 Å². The van der Waals surface area contributed by atoms with Gasteiger partial charge in [0.15, 0.2) is 17.7 Å². The normalized spacial score (nSPS) is 16.6. The fraction of sp³-hybridized carbons (Fsp3) is 0.393. The van der Waals surface area contributed by atoms with E-state index in [0.717, 1.165) is 48.1 Å². The minimum absolute atomic E-state index is 0.0409. The molecule has 34 heavy (non-hydrogen) atoms. The van der Waals surface area contributed by atoms with Gasteiger partial charge in [0.05, 0.1) is 6.17 Å². The van der Waals surface area contributed by atoms with Crippen molar-refractivity contribution >= 4 is 16.7 Å². The molecule has 0 aromatic heterocycles. The second kappa shape index (κ2) is 9.55. The highest BCUT2D eigenvalue weighted by Gasteiger charge is 2.35. The Morgan fingerprint density at radius 3 is 2.56 bits per heavy atom. The van der Waals surface area contributed by atoms with Crippen LogP contribution in [0.1, 0.15) is 49.0 Å². The molecule has 2 unspecified atom stereocenters. The van der Waals surface area contributed by atoms with Gasteiger partial charge in [-0.15, -0.1) is 0 Å². The molecule has 5 rings (SSSR count). The molecule has 2 atom stereocenters. The highest BCUT2D eigenvalue weighted by molar-refractivity contribution is 5.97. The second-order valence-electron chi connectivity index (χ2n) is 9.04. The molecule has 178 valence electrons. The van der Waals surface area contributed by atoms with Crippen LogP contribution < -0.4 is 14.2 Å². The summed E-state index contributed by atoms with van der Waals surface area (Å²) >= 11 is 0. The van der Waals surface area contributed by atoms with Crippen LogP contribution in [0, 0.1) is 0 Å². The largest absolute Gasteiger partial charge is 0.475 e. The molecule has 3 aromatic carbocycles. The fourth-order valence-electron chi connectivity index (χ4n) is 5.08. The van der Waals surface area contributed by atoms with Crippen LogP contribution in [0.4, 0.5) is 0 Å². The van der Waals surface area contributed by atoms with E-state index >= 15 is 0 Å². The Labute approximate surface area is 201 Å². The fourth-order valence-corrected chi connectivity index (χ4v) is 5.08. The zero-order valence-electron chi connectivity index (χ0n) is 20.1. The Hall–Kier alpha value is -3.25. The van der Waals surface area contributed by atoms with Crippen LogP contribution >= 0.6 is 0 Å². The summed E-state index contributed by atoms with van der Waals surface area (Å²) in [5, 5.41) is 2.35. The van der Waals surface area contributed by atoms with Crippen molar-refractivity contribution in [3.05, 3.63) is 65.7 Å². The summed E-state index contributed by atoms with van der Waals surface area (Å²) in [6, 6.07) is 18.3. The lowest BCUT2D eigenvalue weighted by molar-refractivity contribution is -0.0434. The lowest BCUT2D eigenvalue weighted by atomic mass is 9.97. The molecule has 6 heteroatoms. The van der Waals surface area contributed by atoms with Gasteiger partial charge in [0.2, 0.25) is 6.79 Å². The van der Waals surface area contributed by atoms with Gasteiger partial charge in [-0.1, -0.05) is 50.6 Å². The SMILES string of the molecule is CCCC(Oc1ccc2ccccc2c1)N(C)C(CC)N1CCc2cc3c(cc2C1=O)OCO3. The molecule has 0 aliphatic carbocycles.